The zero-order valence-corrected chi connectivity index (χ0v) is 25.6. The lowest BCUT2D eigenvalue weighted by atomic mass is 10.1. The second-order valence-corrected chi connectivity index (χ2v) is 11.8. The van der Waals surface area contributed by atoms with Crippen molar-refractivity contribution in [3.8, 4) is 5.75 Å². The van der Waals surface area contributed by atoms with Crippen molar-refractivity contribution < 1.29 is 18.7 Å². The van der Waals surface area contributed by atoms with Crippen molar-refractivity contribution in [3.05, 3.63) is 99.9 Å². The molecule has 2 aliphatic heterocycles. The molecule has 234 valence electrons. The van der Waals surface area contributed by atoms with Gasteiger partial charge in [-0.15, -0.1) is 0 Å². The second-order valence-electron chi connectivity index (χ2n) is 11.8. The fourth-order valence-electron chi connectivity index (χ4n) is 5.75. The Kier molecular flexibility index (Phi) is 8.90. The van der Waals surface area contributed by atoms with Crippen LogP contribution in [0.4, 0.5) is 15.8 Å². The first-order valence-electron chi connectivity index (χ1n) is 15.2. The van der Waals surface area contributed by atoms with E-state index in [4.69, 9.17) is 9.72 Å². The summed E-state index contributed by atoms with van der Waals surface area (Å²) in [5, 5.41) is 0. The Morgan fingerprint density at radius 3 is 2.31 bits per heavy atom. The van der Waals surface area contributed by atoms with E-state index in [9.17, 15) is 18.8 Å². The van der Waals surface area contributed by atoms with Gasteiger partial charge in [0.2, 0.25) is 11.7 Å². The van der Waals surface area contributed by atoms with Gasteiger partial charge < -0.3 is 19.4 Å². The lowest BCUT2D eigenvalue weighted by Gasteiger charge is -2.36. The van der Waals surface area contributed by atoms with Gasteiger partial charge in [-0.05, 0) is 49.8 Å². The number of likely N-dealkylation sites (N-methyl/N-ethyl adjacent to an activating group) is 2. The number of ether oxygens (including phenoxy) is 1. The first kappa shape index (κ1) is 30.4. The van der Waals surface area contributed by atoms with Gasteiger partial charge in [-0.25, -0.2) is 9.37 Å². The number of halogens is 1. The van der Waals surface area contributed by atoms with Gasteiger partial charge in [0.1, 0.15) is 12.4 Å². The van der Waals surface area contributed by atoms with E-state index < -0.39 is 5.56 Å². The molecule has 0 N–H and O–H groups in total. The van der Waals surface area contributed by atoms with Crippen molar-refractivity contribution in [1.29, 1.82) is 0 Å². The Bertz CT molecular complexity index is 1750. The third kappa shape index (κ3) is 6.74. The predicted molar refractivity (Wildman–Crippen MR) is 171 cm³/mol. The van der Waals surface area contributed by atoms with Crippen molar-refractivity contribution in [3.63, 3.8) is 0 Å². The summed E-state index contributed by atoms with van der Waals surface area (Å²) in [5.41, 5.74) is 2.55. The highest BCUT2D eigenvalue weighted by atomic mass is 19.1. The second kappa shape index (κ2) is 13.2. The summed E-state index contributed by atoms with van der Waals surface area (Å²) in [5.74, 6) is -0.968. The molecule has 2 fully saturated rings. The number of piperazine rings is 2. The van der Waals surface area contributed by atoms with Crippen molar-refractivity contribution in [2.75, 3.05) is 69.7 Å². The molecule has 11 heteroatoms. The van der Waals surface area contributed by atoms with E-state index >= 15 is 0 Å². The van der Waals surface area contributed by atoms with Gasteiger partial charge in [0.25, 0.3) is 0 Å². The number of pyridine rings is 1. The number of aryl methyl sites for hydroxylation is 1. The maximum Gasteiger partial charge on any atom is 0.301 e. The van der Waals surface area contributed by atoms with Crippen molar-refractivity contribution in [2.45, 2.75) is 19.4 Å². The number of anilines is 2. The normalized spacial score (nSPS) is 16.4. The van der Waals surface area contributed by atoms with Gasteiger partial charge in [-0.1, -0.05) is 42.5 Å². The molecule has 2 aliphatic rings. The predicted octanol–water partition coefficient (Wildman–Crippen LogP) is 3.26. The van der Waals surface area contributed by atoms with Crippen LogP contribution in [0.1, 0.15) is 28.0 Å². The maximum absolute atomic E-state index is 14.3. The molecular formula is C34H37FN6O4. The molecule has 0 atom stereocenters. The van der Waals surface area contributed by atoms with Crippen molar-refractivity contribution in [1.82, 2.24) is 19.2 Å². The minimum absolute atomic E-state index is 0.0398. The Balaban J connectivity index is 1.46. The number of hydrogen-bond donors (Lipinski definition) is 0. The average molecular weight is 613 g/mol. The van der Waals surface area contributed by atoms with Crippen LogP contribution in [0.25, 0.3) is 5.65 Å². The van der Waals surface area contributed by atoms with Crippen LogP contribution in [-0.2, 0) is 17.8 Å². The summed E-state index contributed by atoms with van der Waals surface area (Å²) in [6.07, 6.45) is 2.12. The maximum atomic E-state index is 14.3. The first-order chi connectivity index (χ1) is 21.8. The van der Waals surface area contributed by atoms with E-state index in [1.165, 1.54) is 16.5 Å². The quantitative estimate of drug-likeness (QED) is 0.266. The van der Waals surface area contributed by atoms with Gasteiger partial charge in [0, 0.05) is 51.9 Å². The smallest absolute Gasteiger partial charge is 0.301 e. The Morgan fingerprint density at radius 2 is 1.60 bits per heavy atom. The Hall–Kier alpha value is -4.61. The molecule has 0 bridgehead atoms. The number of aromatic nitrogens is 2. The molecule has 10 nitrogen and oxygen atoms in total. The van der Waals surface area contributed by atoms with Crippen LogP contribution in [0.2, 0.25) is 0 Å². The minimum atomic E-state index is -0.514. The molecule has 0 aliphatic carbocycles. The van der Waals surface area contributed by atoms with Crippen LogP contribution >= 0.6 is 0 Å². The highest BCUT2D eigenvalue weighted by molar-refractivity contribution is 6.01. The van der Waals surface area contributed by atoms with Crippen LogP contribution in [-0.4, -0.2) is 90.8 Å². The average Bonchev–Trinajstić information content (AvgIpc) is 3.04. The van der Waals surface area contributed by atoms with E-state index in [-0.39, 0.29) is 54.2 Å². The van der Waals surface area contributed by atoms with Crippen LogP contribution in [0.5, 0.6) is 5.75 Å². The summed E-state index contributed by atoms with van der Waals surface area (Å²) < 4.78 is 21.0. The zero-order chi connectivity index (χ0) is 31.5. The zero-order valence-electron chi connectivity index (χ0n) is 25.6. The van der Waals surface area contributed by atoms with E-state index in [0.717, 1.165) is 43.0 Å². The number of nitrogens with zero attached hydrogens (tertiary/aromatic N) is 6. The number of rotatable bonds is 9. The van der Waals surface area contributed by atoms with Gasteiger partial charge >= 0.3 is 5.56 Å². The number of hydrogen-bond acceptors (Lipinski definition) is 8. The van der Waals surface area contributed by atoms with Crippen LogP contribution < -0.4 is 20.1 Å². The standard InChI is InChI=1S/C34H37FN6O4/c1-37-14-17-39(18-15-37)27-20-28(40-19-16-38(2)22-30(40)43)33-36-31(29(42)13-10-24-8-11-26(35)12-9-24)32(34(44)41(33)21-27)45-23-25-6-4-3-5-7-25/h3-9,11-12,20-21H,10,13-19,22-23H2,1-2H3. The third-order valence-electron chi connectivity index (χ3n) is 8.46. The molecule has 4 heterocycles. The number of benzene rings is 2. The monoisotopic (exact) mass is 612 g/mol. The fourth-order valence-corrected chi connectivity index (χ4v) is 5.75. The summed E-state index contributed by atoms with van der Waals surface area (Å²) in [6, 6.07) is 17.3. The first-order valence-corrected chi connectivity index (χ1v) is 15.2. The summed E-state index contributed by atoms with van der Waals surface area (Å²) >= 11 is 0. The molecular weight excluding hydrogens is 575 g/mol. The molecule has 4 aromatic rings. The van der Waals surface area contributed by atoms with Crippen LogP contribution in [0, 0.1) is 5.82 Å². The van der Waals surface area contributed by atoms with E-state index in [1.54, 1.807) is 23.2 Å². The Morgan fingerprint density at radius 1 is 0.889 bits per heavy atom. The van der Waals surface area contributed by atoms with Crippen molar-refractivity contribution >= 4 is 28.7 Å². The molecule has 0 radical (unpaired) electrons. The molecule has 2 aromatic carbocycles. The molecule has 1 amide bonds. The lowest BCUT2D eigenvalue weighted by Crippen LogP contribution is -2.49. The van der Waals surface area contributed by atoms with Crippen LogP contribution in [0.15, 0.2) is 71.7 Å². The molecule has 6 rings (SSSR count). The number of fused-ring (bicyclic) bond motifs is 1. The highest BCUT2D eigenvalue weighted by Crippen LogP contribution is 2.30. The third-order valence-corrected chi connectivity index (χ3v) is 8.46. The van der Waals surface area contributed by atoms with Gasteiger partial charge in [-0.2, -0.15) is 0 Å². The molecule has 45 heavy (non-hydrogen) atoms. The van der Waals surface area contributed by atoms with E-state index in [0.29, 0.717) is 25.2 Å². The number of carbonyl (C=O) groups is 2. The van der Waals surface area contributed by atoms with Gasteiger partial charge in [0.05, 0.1) is 17.9 Å². The minimum Gasteiger partial charge on any atom is -0.481 e. The molecule has 2 aromatic heterocycles. The molecule has 2 saturated heterocycles. The number of amides is 1. The van der Waals surface area contributed by atoms with E-state index in [2.05, 4.69) is 16.8 Å². The fraction of sp³-hybridized carbons (Fsp3) is 0.353. The molecule has 0 unspecified atom stereocenters. The summed E-state index contributed by atoms with van der Waals surface area (Å²) in [4.78, 5) is 54.3. The van der Waals surface area contributed by atoms with Gasteiger partial charge in [0.15, 0.2) is 17.1 Å². The van der Waals surface area contributed by atoms with E-state index in [1.807, 2.05) is 48.3 Å². The number of Topliss-reactive ketones (excluding diaryl/α,β-unsaturated/α-hetero) is 1. The van der Waals surface area contributed by atoms with Gasteiger partial charge in [-0.3, -0.25) is 23.7 Å². The Labute approximate surface area is 261 Å². The van der Waals surface area contributed by atoms with Crippen molar-refractivity contribution in [2.24, 2.45) is 0 Å². The largest absolute Gasteiger partial charge is 0.481 e. The van der Waals surface area contributed by atoms with Crippen LogP contribution in [0.3, 0.4) is 0 Å². The topological polar surface area (TPSA) is 90.7 Å². The number of ketones is 1. The highest BCUT2D eigenvalue weighted by Gasteiger charge is 2.29. The summed E-state index contributed by atoms with van der Waals surface area (Å²) in [6.45, 7) is 4.63. The molecule has 0 spiro atoms. The lowest BCUT2D eigenvalue weighted by molar-refractivity contribution is -0.120. The number of carbonyl (C=O) groups excluding carboxylic acids is 2. The SMILES string of the molecule is CN1CCN(c2cc(N3CCN(C)CC3=O)c3nc(C(=O)CCc4ccc(F)cc4)c(OCc4ccccc4)c(=O)n3c2)CC1. The molecule has 0 saturated carbocycles. The summed E-state index contributed by atoms with van der Waals surface area (Å²) in [7, 11) is 3.97.